The molecule has 0 bridgehead atoms. The Kier molecular flexibility index (Phi) is 7.18. The van der Waals surface area contributed by atoms with E-state index in [0.717, 1.165) is 25.9 Å². The topological polar surface area (TPSA) is 72.0 Å². The van der Waals surface area contributed by atoms with Crippen molar-refractivity contribution in [2.75, 3.05) is 23.7 Å². The molecule has 0 saturated heterocycles. The zero-order valence-electron chi connectivity index (χ0n) is 16.4. The number of hydrogen-bond donors (Lipinski definition) is 2. The number of anilines is 2. The Morgan fingerprint density at radius 1 is 0.714 bits per heavy atom. The van der Waals surface area contributed by atoms with Crippen LogP contribution in [-0.2, 0) is 12.8 Å². The average Bonchev–Trinajstić information content (AvgIpc) is 2.69. The molecule has 0 aliphatic rings. The van der Waals surface area contributed by atoms with E-state index in [9.17, 15) is 0 Å². The lowest BCUT2D eigenvalue weighted by atomic mass is 10.1. The summed E-state index contributed by atoms with van der Waals surface area (Å²) in [4.78, 5) is 13.2. The molecule has 1 aromatic heterocycles. The normalized spacial score (nSPS) is 10.7. The van der Waals surface area contributed by atoms with E-state index in [0.29, 0.717) is 17.9 Å². The molecule has 3 aromatic rings. The highest BCUT2D eigenvalue weighted by atomic mass is 16.5. The van der Waals surface area contributed by atoms with E-state index in [2.05, 4.69) is 49.9 Å². The van der Waals surface area contributed by atoms with Crippen molar-refractivity contribution < 1.29 is 4.74 Å². The molecule has 0 radical (unpaired) electrons. The summed E-state index contributed by atoms with van der Waals surface area (Å²) in [6.45, 7) is 5.38. The van der Waals surface area contributed by atoms with E-state index in [1.807, 2.05) is 50.2 Å². The highest BCUT2D eigenvalue weighted by Crippen LogP contribution is 2.13. The molecular weight excluding hydrogens is 350 g/mol. The van der Waals surface area contributed by atoms with E-state index >= 15 is 0 Å². The Morgan fingerprint density at radius 2 is 1.18 bits per heavy atom. The van der Waals surface area contributed by atoms with Gasteiger partial charge in [0.15, 0.2) is 0 Å². The average molecular weight is 377 g/mol. The van der Waals surface area contributed by atoms with Crippen LogP contribution >= 0.6 is 0 Å². The third-order valence-electron chi connectivity index (χ3n) is 4.04. The molecule has 0 saturated carbocycles. The molecule has 1 heterocycles. The first kappa shape index (κ1) is 19.6. The summed E-state index contributed by atoms with van der Waals surface area (Å²) in [6.07, 6.45) is 1.78. The predicted octanol–water partition coefficient (Wildman–Crippen LogP) is 3.97. The van der Waals surface area contributed by atoms with Crippen LogP contribution in [0.4, 0.5) is 11.9 Å². The Morgan fingerprint density at radius 3 is 1.61 bits per heavy atom. The molecule has 3 rings (SSSR count). The van der Waals surface area contributed by atoms with Gasteiger partial charge in [-0.2, -0.15) is 15.0 Å². The van der Waals surface area contributed by atoms with Gasteiger partial charge in [0.05, 0.1) is 6.10 Å². The van der Waals surface area contributed by atoms with E-state index in [-0.39, 0.29) is 6.10 Å². The van der Waals surface area contributed by atoms with Crippen LogP contribution in [0.15, 0.2) is 60.7 Å². The van der Waals surface area contributed by atoms with Gasteiger partial charge >= 0.3 is 6.01 Å². The number of aromatic nitrogens is 3. The molecule has 28 heavy (non-hydrogen) atoms. The number of nitrogens with one attached hydrogen (secondary N) is 2. The lowest BCUT2D eigenvalue weighted by molar-refractivity contribution is 0.222. The second-order valence-electron chi connectivity index (χ2n) is 6.76. The number of benzene rings is 2. The van der Waals surface area contributed by atoms with Crippen molar-refractivity contribution in [1.29, 1.82) is 0 Å². The summed E-state index contributed by atoms with van der Waals surface area (Å²) in [6, 6.07) is 21.0. The van der Waals surface area contributed by atoms with E-state index in [1.54, 1.807) is 0 Å². The summed E-state index contributed by atoms with van der Waals surface area (Å²) >= 11 is 0. The van der Waals surface area contributed by atoms with Crippen molar-refractivity contribution in [3.63, 3.8) is 0 Å². The van der Waals surface area contributed by atoms with Crippen molar-refractivity contribution in [3.8, 4) is 6.01 Å². The minimum Gasteiger partial charge on any atom is -0.461 e. The highest BCUT2D eigenvalue weighted by molar-refractivity contribution is 5.36. The van der Waals surface area contributed by atoms with Gasteiger partial charge in [0.2, 0.25) is 11.9 Å². The van der Waals surface area contributed by atoms with Crippen LogP contribution < -0.4 is 15.4 Å². The SMILES string of the molecule is CC(C)Oc1nc(NCCc2ccccc2)nc(NCCc2ccccc2)n1. The smallest absolute Gasteiger partial charge is 0.323 e. The first-order valence-electron chi connectivity index (χ1n) is 9.67. The molecule has 0 atom stereocenters. The van der Waals surface area contributed by atoms with Crippen LogP contribution in [0.2, 0.25) is 0 Å². The van der Waals surface area contributed by atoms with Gasteiger partial charge in [0.1, 0.15) is 0 Å². The number of nitrogens with zero attached hydrogens (tertiary/aromatic N) is 3. The fourth-order valence-corrected chi connectivity index (χ4v) is 2.70. The van der Waals surface area contributed by atoms with Crippen molar-refractivity contribution >= 4 is 11.9 Å². The molecule has 2 N–H and O–H groups in total. The van der Waals surface area contributed by atoms with E-state index in [1.165, 1.54) is 11.1 Å². The fraction of sp³-hybridized carbons (Fsp3) is 0.318. The predicted molar refractivity (Wildman–Crippen MR) is 113 cm³/mol. The van der Waals surface area contributed by atoms with Crippen molar-refractivity contribution in [2.45, 2.75) is 32.8 Å². The molecule has 0 fully saturated rings. The van der Waals surface area contributed by atoms with Crippen LogP contribution in [0.5, 0.6) is 6.01 Å². The van der Waals surface area contributed by atoms with Gasteiger partial charge in [-0.1, -0.05) is 60.7 Å². The molecule has 0 spiro atoms. The Hall–Kier alpha value is -3.15. The maximum Gasteiger partial charge on any atom is 0.323 e. The Bertz CT molecular complexity index is 776. The van der Waals surface area contributed by atoms with Gasteiger partial charge in [0, 0.05) is 13.1 Å². The second-order valence-corrected chi connectivity index (χ2v) is 6.76. The lowest BCUT2D eigenvalue weighted by Crippen LogP contribution is -2.15. The Balaban J connectivity index is 1.60. The second kappa shape index (κ2) is 10.3. The molecule has 2 aromatic carbocycles. The van der Waals surface area contributed by atoms with Crippen molar-refractivity contribution in [2.24, 2.45) is 0 Å². The van der Waals surface area contributed by atoms with Crippen molar-refractivity contribution in [3.05, 3.63) is 71.8 Å². The first-order valence-corrected chi connectivity index (χ1v) is 9.67. The highest BCUT2D eigenvalue weighted by Gasteiger charge is 2.09. The molecule has 0 aliphatic heterocycles. The van der Waals surface area contributed by atoms with Crippen LogP contribution in [0.3, 0.4) is 0 Å². The molecule has 146 valence electrons. The summed E-state index contributed by atoms with van der Waals surface area (Å²) in [5, 5.41) is 6.55. The van der Waals surface area contributed by atoms with Gasteiger partial charge in [-0.15, -0.1) is 0 Å². The summed E-state index contributed by atoms with van der Waals surface area (Å²) in [5.41, 5.74) is 2.54. The molecule has 0 aliphatic carbocycles. The third-order valence-corrected chi connectivity index (χ3v) is 4.04. The minimum atomic E-state index is -0.00302. The number of ether oxygens (including phenoxy) is 1. The lowest BCUT2D eigenvalue weighted by Gasteiger charge is -2.12. The minimum absolute atomic E-state index is 0.00302. The first-order chi connectivity index (χ1) is 13.7. The van der Waals surface area contributed by atoms with Gasteiger partial charge < -0.3 is 15.4 Å². The fourth-order valence-electron chi connectivity index (χ4n) is 2.70. The maximum atomic E-state index is 5.68. The Labute approximate surface area is 166 Å². The molecule has 6 nitrogen and oxygen atoms in total. The largest absolute Gasteiger partial charge is 0.461 e. The number of hydrogen-bond acceptors (Lipinski definition) is 6. The van der Waals surface area contributed by atoms with Gasteiger partial charge in [0.25, 0.3) is 0 Å². The molecule has 6 heteroatoms. The van der Waals surface area contributed by atoms with E-state index < -0.39 is 0 Å². The third kappa shape index (κ3) is 6.54. The zero-order valence-corrected chi connectivity index (χ0v) is 16.4. The van der Waals surface area contributed by atoms with E-state index in [4.69, 9.17) is 4.74 Å². The zero-order chi connectivity index (χ0) is 19.6. The van der Waals surface area contributed by atoms with Gasteiger partial charge in [-0.3, -0.25) is 0 Å². The van der Waals surface area contributed by atoms with Crippen LogP contribution in [-0.4, -0.2) is 34.1 Å². The molecular formula is C22H27N5O. The summed E-state index contributed by atoms with van der Waals surface area (Å²) < 4.78 is 5.68. The molecule has 0 unspecified atom stereocenters. The van der Waals surface area contributed by atoms with Gasteiger partial charge in [-0.25, -0.2) is 0 Å². The maximum absolute atomic E-state index is 5.68. The summed E-state index contributed by atoms with van der Waals surface area (Å²) in [5.74, 6) is 1.03. The monoisotopic (exact) mass is 377 g/mol. The van der Waals surface area contributed by atoms with Crippen LogP contribution in [0, 0.1) is 0 Å². The van der Waals surface area contributed by atoms with Crippen LogP contribution in [0.25, 0.3) is 0 Å². The van der Waals surface area contributed by atoms with Crippen LogP contribution in [0.1, 0.15) is 25.0 Å². The quantitative estimate of drug-likeness (QED) is 0.557. The number of rotatable bonds is 10. The van der Waals surface area contributed by atoms with Gasteiger partial charge in [-0.05, 0) is 37.8 Å². The molecule has 0 amide bonds. The summed E-state index contributed by atoms with van der Waals surface area (Å²) in [7, 11) is 0. The van der Waals surface area contributed by atoms with Crippen molar-refractivity contribution in [1.82, 2.24) is 15.0 Å². The standard InChI is InChI=1S/C22H27N5O/c1-17(2)28-22-26-20(23-15-13-18-9-5-3-6-10-18)25-21(27-22)24-16-14-19-11-7-4-8-12-19/h3-12,17H,13-16H2,1-2H3,(H2,23,24,25,26,27).